The highest BCUT2D eigenvalue weighted by atomic mass is 79.9. The zero-order valence-electron chi connectivity index (χ0n) is 8.06. The van der Waals surface area contributed by atoms with Gasteiger partial charge < -0.3 is 5.73 Å². The van der Waals surface area contributed by atoms with Crippen molar-refractivity contribution in [2.24, 2.45) is 5.73 Å². The number of hydrogen-bond acceptors (Lipinski definition) is 1. The Morgan fingerprint density at radius 3 is 2.86 bits per heavy atom. The summed E-state index contributed by atoms with van der Waals surface area (Å²) in [5, 5.41) is 0. The van der Waals surface area contributed by atoms with Gasteiger partial charge in [0.2, 0.25) is 0 Å². The second-order valence-corrected chi connectivity index (χ2v) is 4.27. The van der Waals surface area contributed by atoms with E-state index in [-0.39, 0.29) is 11.9 Å². The predicted molar refractivity (Wildman–Crippen MR) is 60.5 cm³/mol. The smallest absolute Gasteiger partial charge is 0.142 e. The maximum absolute atomic E-state index is 13.5. The summed E-state index contributed by atoms with van der Waals surface area (Å²) in [6, 6.07) is 4.82. The molecule has 0 unspecified atom stereocenters. The third kappa shape index (κ3) is 2.66. The molecule has 0 aliphatic heterocycles. The molecule has 0 saturated heterocycles. The summed E-state index contributed by atoms with van der Waals surface area (Å²) in [4.78, 5) is 0. The average Bonchev–Trinajstić information content (AvgIpc) is 2.08. The molecule has 1 aromatic carbocycles. The van der Waals surface area contributed by atoms with E-state index in [1.165, 1.54) is 0 Å². The van der Waals surface area contributed by atoms with Crippen molar-refractivity contribution in [2.45, 2.75) is 19.4 Å². The van der Waals surface area contributed by atoms with Crippen LogP contribution in [0, 0.1) is 5.82 Å². The number of benzene rings is 1. The van der Waals surface area contributed by atoms with E-state index in [9.17, 15) is 4.39 Å². The Bertz CT molecular complexity index is 349. The Morgan fingerprint density at radius 1 is 1.64 bits per heavy atom. The fraction of sp³-hybridized carbons (Fsp3) is 0.273. The van der Waals surface area contributed by atoms with Crippen LogP contribution in [-0.4, -0.2) is 0 Å². The van der Waals surface area contributed by atoms with Crippen LogP contribution in [0.2, 0.25) is 0 Å². The molecule has 0 heterocycles. The number of halogens is 2. The molecule has 3 heteroatoms. The van der Waals surface area contributed by atoms with Gasteiger partial charge in [-0.05, 0) is 35.3 Å². The van der Waals surface area contributed by atoms with Crippen LogP contribution >= 0.6 is 15.9 Å². The van der Waals surface area contributed by atoms with Gasteiger partial charge in [-0.2, -0.15) is 0 Å². The second kappa shape index (κ2) is 4.71. The Labute approximate surface area is 91.9 Å². The summed E-state index contributed by atoms with van der Waals surface area (Å²) in [5.74, 6) is -0.277. The Kier molecular flexibility index (Phi) is 3.84. The molecular formula is C11H13BrFN. The van der Waals surface area contributed by atoms with Crippen LogP contribution in [0.4, 0.5) is 4.39 Å². The lowest BCUT2D eigenvalue weighted by Gasteiger charge is -2.13. The average molecular weight is 258 g/mol. The molecule has 0 fully saturated rings. The summed E-state index contributed by atoms with van der Waals surface area (Å²) in [6.07, 6.45) is 0.605. The van der Waals surface area contributed by atoms with E-state index >= 15 is 0 Å². The van der Waals surface area contributed by atoms with Gasteiger partial charge in [0, 0.05) is 11.6 Å². The van der Waals surface area contributed by atoms with E-state index in [1.807, 2.05) is 6.92 Å². The molecule has 1 atom stereocenters. The largest absolute Gasteiger partial charge is 0.324 e. The van der Waals surface area contributed by atoms with Gasteiger partial charge in [0.15, 0.2) is 0 Å². The van der Waals surface area contributed by atoms with Crippen molar-refractivity contribution < 1.29 is 4.39 Å². The quantitative estimate of drug-likeness (QED) is 0.824. The molecule has 0 spiro atoms. The Hall–Kier alpha value is -0.670. The lowest BCUT2D eigenvalue weighted by atomic mass is 10.0. The topological polar surface area (TPSA) is 26.0 Å². The standard InChI is InChI=1S/C11H13BrFN/c1-7(2)6-10(14)8-4-3-5-9(12)11(8)13/h3-5,10H,1,6,14H2,2H3/t10-/m1/s1. The van der Waals surface area contributed by atoms with Gasteiger partial charge in [-0.15, -0.1) is 6.58 Å². The predicted octanol–water partition coefficient (Wildman–Crippen LogP) is 3.55. The van der Waals surface area contributed by atoms with Crippen molar-refractivity contribution in [3.63, 3.8) is 0 Å². The molecule has 0 bridgehead atoms. The molecule has 1 nitrogen and oxygen atoms in total. The molecule has 0 aliphatic carbocycles. The first-order valence-corrected chi connectivity index (χ1v) is 5.15. The van der Waals surface area contributed by atoms with Crippen LogP contribution in [0.3, 0.4) is 0 Å². The maximum atomic E-state index is 13.5. The lowest BCUT2D eigenvalue weighted by molar-refractivity contribution is 0.574. The summed E-state index contributed by atoms with van der Waals surface area (Å²) < 4.78 is 14.0. The van der Waals surface area contributed by atoms with Gasteiger partial charge in [-0.1, -0.05) is 17.7 Å². The first-order valence-electron chi connectivity index (χ1n) is 4.36. The van der Waals surface area contributed by atoms with Crippen molar-refractivity contribution in [3.8, 4) is 0 Å². The molecule has 0 saturated carbocycles. The minimum Gasteiger partial charge on any atom is -0.324 e. The summed E-state index contributed by atoms with van der Waals surface area (Å²) >= 11 is 3.13. The van der Waals surface area contributed by atoms with E-state index in [0.29, 0.717) is 16.5 Å². The van der Waals surface area contributed by atoms with Gasteiger partial charge in [0.1, 0.15) is 5.82 Å². The van der Waals surface area contributed by atoms with Crippen LogP contribution in [0.15, 0.2) is 34.8 Å². The van der Waals surface area contributed by atoms with Gasteiger partial charge in [0.05, 0.1) is 4.47 Å². The van der Waals surface area contributed by atoms with E-state index in [1.54, 1.807) is 18.2 Å². The molecule has 1 aromatic rings. The van der Waals surface area contributed by atoms with E-state index < -0.39 is 0 Å². The number of hydrogen-bond donors (Lipinski definition) is 1. The molecular weight excluding hydrogens is 245 g/mol. The van der Waals surface area contributed by atoms with Crippen LogP contribution in [0.5, 0.6) is 0 Å². The monoisotopic (exact) mass is 257 g/mol. The fourth-order valence-corrected chi connectivity index (χ4v) is 1.67. The summed E-state index contributed by atoms with van der Waals surface area (Å²) in [6.45, 7) is 5.64. The molecule has 14 heavy (non-hydrogen) atoms. The van der Waals surface area contributed by atoms with Gasteiger partial charge in [-0.25, -0.2) is 4.39 Å². The van der Waals surface area contributed by atoms with Gasteiger partial charge >= 0.3 is 0 Å². The first-order chi connectivity index (χ1) is 6.52. The van der Waals surface area contributed by atoms with Gasteiger partial charge in [0.25, 0.3) is 0 Å². The first kappa shape index (κ1) is 11.4. The third-order valence-electron chi connectivity index (χ3n) is 1.95. The maximum Gasteiger partial charge on any atom is 0.142 e. The molecule has 76 valence electrons. The van der Waals surface area contributed by atoms with E-state index in [4.69, 9.17) is 5.73 Å². The molecule has 0 aliphatic rings. The molecule has 2 N–H and O–H groups in total. The van der Waals surface area contributed by atoms with Crippen molar-refractivity contribution >= 4 is 15.9 Å². The highest BCUT2D eigenvalue weighted by Gasteiger charge is 2.12. The summed E-state index contributed by atoms with van der Waals surface area (Å²) in [7, 11) is 0. The van der Waals surface area contributed by atoms with Crippen molar-refractivity contribution in [2.75, 3.05) is 0 Å². The number of nitrogens with two attached hydrogens (primary N) is 1. The normalized spacial score (nSPS) is 12.6. The molecule has 0 aromatic heterocycles. The fourth-order valence-electron chi connectivity index (χ4n) is 1.29. The SMILES string of the molecule is C=C(C)C[C@@H](N)c1cccc(Br)c1F. The van der Waals surface area contributed by atoms with E-state index in [0.717, 1.165) is 5.57 Å². The molecule has 0 amide bonds. The Morgan fingerprint density at radius 2 is 2.29 bits per heavy atom. The van der Waals surface area contributed by atoms with Crippen molar-refractivity contribution in [3.05, 3.63) is 46.2 Å². The van der Waals surface area contributed by atoms with E-state index in [2.05, 4.69) is 22.5 Å². The second-order valence-electron chi connectivity index (χ2n) is 3.41. The van der Waals surface area contributed by atoms with Gasteiger partial charge in [-0.3, -0.25) is 0 Å². The minimum absolute atomic E-state index is 0.277. The van der Waals surface area contributed by atoms with Crippen LogP contribution in [-0.2, 0) is 0 Å². The highest BCUT2D eigenvalue weighted by Crippen LogP contribution is 2.25. The minimum atomic E-state index is -0.315. The Balaban J connectivity index is 2.95. The molecule has 0 radical (unpaired) electrons. The third-order valence-corrected chi connectivity index (χ3v) is 2.56. The zero-order chi connectivity index (χ0) is 10.7. The van der Waals surface area contributed by atoms with Crippen molar-refractivity contribution in [1.82, 2.24) is 0 Å². The lowest BCUT2D eigenvalue weighted by Crippen LogP contribution is -2.12. The zero-order valence-corrected chi connectivity index (χ0v) is 9.64. The number of rotatable bonds is 3. The van der Waals surface area contributed by atoms with Crippen LogP contribution in [0.1, 0.15) is 24.9 Å². The summed E-state index contributed by atoms with van der Waals surface area (Å²) in [5.41, 5.74) is 7.33. The van der Waals surface area contributed by atoms with Crippen LogP contribution in [0.25, 0.3) is 0 Å². The van der Waals surface area contributed by atoms with Crippen molar-refractivity contribution in [1.29, 1.82) is 0 Å². The molecule has 1 rings (SSSR count). The van der Waals surface area contributed by atoms with Crippen LogP contribution < -0.4 is 5.73 Å². The highest BCUT2D eigenvalue weighted by molar-refractivity contribution is 9.10.